The Morgan fingerprint density at radius 2 is 1.84 bits per heavy atom. The van der Waals surface area contributed by atoms with Gasteiger partial charge in [0.15, 0.2) is 0 Å². The normalized spacial score (nSPS) is 12.7. The average molecular weight is 451 g/mol. The Hall–Kier alpha value is -3.18. The van der Waals surface area contributed by atoms with E-state index in [0.717, 1.165) is 68.1 Å². The van der Waals surface area contributed by atoms with Crippen molar-refractivity contribution in [3.63, 3.8) is 0 Å². The van der Waals surface area contributed by atoms with Gasteiger partial charge in [-0.3, -0.25) is 4.79 Å². The zero-order valence-electron chi connectivity index (χ0n) is 18.7. The Morgan fingerprint density at radius 1 is 1.09 bits per heavy atom. The van der Waals surface area contributed by atoms with Crippen LogP contribution in [0.25, 0.3) is 22.3 Å². The molecule has 166 valence electrons. The number of hydrogen-bond acceptors (Lipinski definition) is 4. The number of fused-ring (bicyclic) bond motifs is 1. The van der Waals surface area contributed by atoms with Gasteiger partial charge in [0.25, 0.3) is 0 Å². The summed E-state index contributed by atoms with van der Waals surface area (Å²) in [5, 5.41) is 13.8. The standard InChI is InChI=1S/C26H27ClN2O3/c1-13-11-17(5-7-20(13)27)23-16(4)24(19(12-22(30)31)14(2)25(23)28)18-6-8-21-26(15(18)3)29-9-10-32-21/h5-8,11,29H,9-10,12,28H2,1-4H3,(H,30,31). The van der Waals surface area contributed by atoms with Crippen molar-refractivity contribution in [2.24, 2.45) is 0 Å². The second-order valence-corrected chi connectivity index (χ2v) is 8.72. The Labute approximate surface area is 193 Å². The SMILES string of the molecule is Cc1cc(-c2c(C)c(-c3ccc4c(c3C)NCCO4)c(CC(=O)O)c(C)c2N)ccc1Cl. The Morgan fingerprint density at radius 3 is 2.53 bits per heavy atom. The summed E-state index contributed by atoms with van der Waals surface area (Å²) >= 11 is 6.26. The fourth-order valence-corrected chi connectivity index (χ4v) is 4.75. The largest absolute Gasteiger partial charge is 0.490 e. The number of carbonyl (C=O) groups is 1. The van der Waals surface area contributed by atoms with Crippen molar-refractivity contribution in [3.05, 3.63) is 63.2 Å². The number of halogens is 1. The topological polar surface area (TPSA) is 84.6 Å². The Kier molecular flexibility index (Phi) is 5.78. The first kappa shape index (κ1) is 22.0. The predicted molar refractivity (Wildman–Crippen MR) is 131 cm³/mol. The van der Waals surface area contributed by atoms with Crippen LogP contribution in [0.3, 0.4) is 0 Å². The first-order valence-corrected chi connectivity index (χ1v) is 11.0. The molecule has 0 unspecified atom stereocenters. The van der Waals surface area contributed by atoms with E-state index in [1.54, 1.807) is 0 Å². The number of ether oxygens (including phenoxy) is 1. The van der Waals surface area contributed by atoms with Gasteiger partial charge in [-0.25, -0.2) is 0 Å². The highest BCUT2D eigenvalue weighted by Crippen LogP contribution is 2.45. The van der Waals surface area contributed by atoms with Gasteiger partial charge in [0.05, 0.1) is 12.1 Å². The summed E-state index contributed by atoms with van der Waals surface area (Å²) in [4.78, 5) is 11.8. The maximum atomic E-state index is 11.8. The molecule has 4 N–H and O–H groups in total. The summed E-state index contributed by atoms with van der Waals surface area (Å²) in [6, 6.07) is 9.82. The number of nitrogens with two attached hydrogens (primary N) is 1. The zero-order chi connectivity index (χ0) is 23.2. The van der Waals surface area contributed by atoms with Crippen molar-refractivity contribution in [2.45, 2.75) is 34.1 Å². The van der Waals surface area contributed by atoms with Crippen LogP contribution in [0, 0.1) is 27.7 Å². The van der Waals surface area contributed by atoms with Gasteiger partial charge in [-0.15, -0.1) is 0 Å². The van der Waals surface area contributed by atoms with Crippen molar-refractivity contribution in [1.29, 1.82) is 0 Å². The molecular formula is C26H27ClN2O3. The second kappa shape index (κ2) is 8.40. The van der Waals surface area contributed by atoms with Crippen molar-refractivity contribution in [3.8, 4) is 28.0 Å². The fourth-order valence-electron chi connectivity index (χ4n) is 4.63. The number of nitrogen functional groups attached to an aromatic ring is 1. The number of carboxylic acids is 1. The van der Waals surface area contributed by atoms with E-state index < -0.39 is 5.97 Å². The smallest absolute Gasteiger partial charge is 0.307 e. The third-order valence-corrected chi connectivity index (χ3v) is 6.73. The number of carboxylic acid groups (broad SMARTS) is 1. The molecule has 4 rings (SSSR count). The molecule has 0 spiro atoms. The van der Waals surface area contributed by atoms with E-state index in [1.807, 2.05) is 58.0 Å². The molecule has 0 aromatic heterocycles. The molecule has 1 heterocycles. The monoisotopic (exact) mass is 450 g/mol. The lowest BCUT2D eigenvalue weighted by Gasteiger charge is -2.26. The minimum Gasteiger partial charge on any atom is -0.490 e. The summed E-state index contributed by atoms with van der Waals surface area (Å²) < 4.78 is 5.79. The lowest BCUT2D eigenvalue weighted by atomic mass is 9.82. The number of nitrogens with one attached hydrogen (secondary N) is 1. The Balaban J connectivity index is 2.06. The Bertz CT molecular complexity index is 1250. The van der Waals surface area contributed by atoms with E-state index >= 15 is 0 Å². The third kappa shape index (κ3) is 3.67. The van der Waals surface area contributed by atoms with E-state index in [1.165, 1.54) is 0 Å². The second-order valence-electron chi connectivity index (χ2n) is 8.31. The molecule has 0 saturated heterocycles. The predicted octanol–water partition coefficient (Wildman–Crippen LogP) is 5.92. The van der Waals surface area contributed by atoms with Gasteiger partial charge in [0, 0.05) is 22.8 Å². The summed E-state index contributed by atoms with van der Waals surface area (Å²) in [6.07, 6.45) is -0.105. The van der Waals surface area contributed by atoms with E-state index in [2.05, 4.69) is 5.32 Å². The van der Waals surface area contributed by atoms with E-state index in [0.29, 0.717) is 17.3 Å². The van der Waals surface area contributed by atoms with Crippen LogP contribution >= 0.6 is 11.6 Å². The van der Waals surface area contributed by atoms with Crippen LogP contribution < -0.4 is 15.8 Å². The number of hydrogen-bond donors (Lipinski definition) is 3. The van der Waals surface area contributed by atoms with E-state index in [9.17, 15) is 9.90 Å². The van der Waals surface area contributed by atoms with Crippen molar-refractivity contribution in [1.82, 2.24) is 0 Å². The lowest BCUT2D eigenvalue weighted by Crippen LogP contribution is -2.19. The quantitative estimate of drug-likeness (QED) is 0.429. The molecule has 3 aromatic carbocycles. The van der Waals surface area contributed by atoms with Gasteiger partial charge < -0.3 is 20.9 Å². The molecule has 5 nitrogen and oxygen atoms in total. The molecular weight excluding hydrogens is 424 g/mol. The molecule has 0 aliphatic carbocycles. The van der Waals surface area contributed by atoms with Gasteiger partial charge in [-0.2, -0.15) is 0 Å². The number of aliphatic carboxylic acids is 1. The number of anilines is 2. The minimum atomic E-state index is -0.889. The molecule has 0 radical (unpaired) electrons. The average Bonchev–Trinajstić information content (AvgIpc) is 2.76. The molecule has 0 amide bonds. The molecule has 0 bridgehead atoms. The summed E-state index contributed by atoms with van der Waals surface area (Å²) in [5.74, 6) is -0.0732. The van der Waals surface area contributed by atoms with Crippen molar-refractivity contribution >= 4 is 28.9 Å². The third-order valence-electron chi connectivity index (χ3n) is 6.31. The van der Waals surface area contributed by atoms with Crippen LogP contribution in [0.1, 0.15) is 27.8 Å². The molecule has 1 aliphatic rings. The van der Waals surface area contributed by atoms with E-state index in [-0.39, 0.29) is 6.42 Å². The maximum absolute atomic E-state index is 11.8. The van der Waals surface area contributed by atoms with Crippen LogP contribution in [0.15, 0.2) is 30.3 Å². The molecule has 0 saturated carbocycles. The molecule has 6 heteroatoms. The summed E-state index contributed by atoms with van der Waals surface area (Å²) in [7, 11) is 0. The van der Waals surface area contributed by atoms with Crippen LogP contribution in [0.5, 0.6) is 5.75 Å². The zero-order valence-corrected chi connectivity index (χ0v) is 19.5. The lowest BCUT2D eigenvalue weighted by molar-refractivity contribution is -0.136. The maximum Gasteiger partial charge on any atom is 0.307 e. The minimum absolute atomic E-state index is 0.105. The first-order chi connectivity index (χ1) is 15.2. The highest BCUT2D eigenvalue weighted by molar-refractivity contribution is 6.31. The van der Waals surface area contributed by atoms with Crippen LogP contribution in [0.4, 0.5) is 11.4 Å². The number of rotatable bonds is 4. The van der Waals surface area contributed by atoms with Crippen LogP contribution in [-0.2, 0) is 11.2 Å². The van der Waals surface area contributed by atoms with Gasteiger partial charge in [0.1, 0.15) is 12.4 Å². The highest BCUT2D eigenvalue weighted by Gasteiger charge is 2.25. The van der Waals surface area contributed by atoms with Crippen molar-refractivity contribution < 1.29 is 14.6 Å². The fraction of sp³-hybridized carbons (Fsp3) is 0.269. The molecule has 0 atom stereocenters. The molecule has 3 aromatic rings. The summed E-state index contributed by atoms with van der Waals surface area (Å²) in [5.41, 5.74) is 16.4. The van der Waals surface area contributed by atoms with Crippen LogP contribution in [-0.4, -0.2) is 24.2 Å². The molecule has 1 aliphatic heterocycles. The molecule has 32 heavy (non-hydrogen) atoms. The number of aryl methyl sites for hydroxylation is 1. The number of benzene rings is 3. The highest BCUT2D eigenvalue weighted by atomic mass is 35.5. The van der Waals surface area contributed by atoms with Crippen molar-refractivity contribution in [2.75, 3.05) is 24.2 Å². The first-order valence-electron chi connectivity index (χ1n) is 10.6. The van der Waals surface area contributed by atoms with Gasteiger partial charge in [-0.1, -0.05) is 23.7 Å². The van der Waals surface area contributed by atoms with Gasteiger partial charge in [-0.05, 0) is 90.4 Å². The molecule has 0 fully saturated rings. The van der Waals surface area contributed by atoms with Gasteiger partial charge >= 0.3 is 5.97 Å². The van der Waals surface area contributed by atoms with Gasteiger partial charge in [0.2, 0.25) is 0 Å². The van der Waals surface area contributed by atoms with E-state index in [4.69, 9.17) is 22.1 Å². The van der Waals surface area contributed by atoms with Crippen LogP contribution in [0.2, 0.25) is 5.02 Å². The summed E-state index contributed by atoms with van der Waals surface area (Å²) in [6.45, 7) is 9.27.